The predicted molar refractivity (Wildman–Crippen MR) is 96.7 cm³/mol. The van der Waals surface area contributed by atoms with Crippen LogP contribution in [0.3, 0.4) is 0 Å². The number of carbonyl (C=O) groups is 1. The molecule has 0 aliphatic rings. The molecule has 4 heteroatoms. The third-order valence-corrected chi connectivity index (χ3v) is 4.11. The van der Waals surface area contributed by atoms with Crippen molar-refractivity contribution in [2.45, 2.75) is 32.1 Å². The molecule has 0 saturated heterocycles. The van der Waals surface area contributed by atoms with Crippen LogP contribution in [0.2, 0.25) is 5.02 Å². The second-order valence-corrected chi connectivity index (χ2v) is 6.11. The molecule has 2 aromatic rings. The molecule has 0 aliphatic carbocycles. The molecule has 0 heterocycles. The topological polar surface area (TPSA) is 55.1 Å². The van der Waals surface area contributed by atoms with Crippen molar-refractivity contribution in [2.24, 2.45) is 0 Å². The Kier molecular flexibility index (Phi) is 6.48. The summed E-state index contributed by atoms with van der Waals surface area (Å²) in [5, 5.41) is 3.73. The monoisotopic (exact) mass is 330 g/mol. The fraction of sp³-hybridized carbons (Fsp3) is 0.316. The first-order chi connectivity index (χ1) is 11.1. The molecule has 0 radical (unpaired) electrons. The summed E-state index contributed by atoms with van der Waals surface area (Å²) in [5.74, 6) is -0.0479. The number of amides is 1. The maximum atomic E-state index is 12.5. The van der Waals surface area contributed by atoms with E-state index in [9.17, 15) is 4.79 Å². The Balaban J connectivity index is 1.92. The minimum absolute atomic E-state index is 0.0737. The highest BCUT2D eigenvalue weighted by Crippen LogP contribution is 2.23. The fourth-order valence-corrected chi connectivity index (χ4v) is 2.70. The molecule has 0 aliphatic heterocycles. The average molecular weight is 331 g/mol. The second kappa shape index (κ2) is 8.59. The standard InChI is InChI=1S/C19H23ClN2O/c1-2-3-18(15-6-8-16(20)9-7-15)19(23)22-13-12-14-4-10-17(21)11-5-14/h4-11,18H,2-3,12-13,21H2,1H3,(H,22,23). The van der Waals surface area contributed by atoms with Crippen molar-refractivity contribution in [2.75, 3.05) is 12.3 Å². The molecule has 3 nitrogen and oxygen atoms in total. The number of benzene rings is 2. The zero-order valence-corrected chi connectivity index (χ0v) is 14.1. The van der Waals surface area contributed by atoms with Crippen LogP contribution in [0.15, 0.2) is 48.5 Å². The Morgan fingerprint density at radius 1 is 1.13 bits per heavy atom. The summed E-state index contributed by atoms with van der Waals surface area (Å²) in [6.45, 7) is 2.71. The van der Waals surface area contributed by atoms with Gasteiger partial charge in [0.05, 0.1) is 5.92 Å². The van der Waals surface area contributed by atoms with E-state index in [1.807, 2.05) is 48.5 Å². The van der Waals surface area contributed by atoms with Crippen LogP contribution in [0.5, 0.6) is 0 Å². The molecule has 1 unspecified atom stereocenters. The highest BCUT2D eigenvalue weighted by atomic mass is 35.5. The Hall–Kier alpha value is -2.00. The fourth-order valence-electron chi connectivity index (χ4n) is 2.57. The van der Waals surface area contributed by atoms with Crippen molar-refractivity contribution in [3.8, 4) is 0 Å². The van der Waals surface area contributed by atoms with Gasteiger partial charge in [-0.05, 0) is 48.2 Å². The van der Waals surface area contributed by atoms with Gasteiger partial charge in [-0.3, -0.25) is 4.79 Å². The van der Waals surface area contributed by atoms with E-state index in [-0.39, 0.29) is 11.8 Å². The van der Waals surface area contributed by atoms with Crippen LogP contribution in [0.1, 0.15) is 36.8 Å². The van der Waals surface area contributed by atoms with Crippen molar-refractivity contribution in [3.05, 3.63) is 64.7 Å². The molecule has 0 spiro atoms. The Labute approximate surface area is 142 Å². The van der Waals surface area contributed by atoms with Gasteiger partial charge in [-0.1, -0.05) is 49.2 Å². The van der Waals surface area contributed by atoms with Gasteiger partial charge in [0, 0.05) is 17.3 Å². The van der Waals surface area contributed by atoms with Gasteiger partial charge in [0.1, 0.15) is 0 Å². The predicted octanol–water partition coefficient (Wildman–Crippen LogP) is 4.16. The summed E-state index contributed by atoms with van der Waals surface area (Å²) in [5.41, 5.74) is 8.61. The zero-order valence-electron chi connectivity index (χ0n) is 13.4. The number of nitrogens with two attached hydrogens (primary N) is 1. The van der Waals surface area contributed by atoms with Crippen molar-refractivity contribution in [3.63, 3.8) is 0 Å². The number of hydrogen-bond acceptors (Lipinski definition) is 2. The van der Waals surface area contributed by atoms with E-state index in [2.05, 4.69) is 12.2 Å². The number of nitrogens with one attached hydrogen (secondary N) is 1. The summed E-state index contributed by atoms with van der Waals surface area (Å²) < 4.78 is 0. The highest BCUT2D eigenvalue weighted by molar-refractivity contribution is 6.30. The van der Waals surface area contributed by atoms with Crippen LogP contribution >= 0.6 is 11.6 Å². The first-order valence-electron chi connectivity index (χ1n) is 7.97. The van der Waals surface area contributed by atoms with E-state index >= 15 is 0 Å². The van der Waals surface area contributed by atoms with Gasteiger partial charge in [0.2, 0.25) is 5.91 Å². The van der Waals surface area contributed by atoms with E-state index < -0.39 is 0 Å². The SMILES string of the molecule is CCCC(C(=O)NCCc1ccc(N)cc1)c1ccc(Cl)cc1. The molecule has 0 aromatic heterocycles. The molecular weight excluding hydrogens is 308 g/mol. The third-order valence-electron chi connectivity index (χ3n) is 3.86. The first kappa shape index (κ1) is 17.4. The summed E-state index contributed by atoms with van der Waals surface area (Å²) >= 11 is 5.93. The molecular formula is C19H23ClN2O. The minimum atomic E-state index is -0.122. The molecule has 0 saturated carbocycles. The lowest BCUT2D eigenvalue weighted by Crippen LogP contribution is -2.31. The molecule has 3 N–H and O–H groups in total. The molecule has 2 rings (SSSR count). The second-order valence-electron chi connectivity index (χ2n) is 5.68. The van der Waals surface area contributed by atoms with Gasteiger partial charge in [-0.25, -0.2) is 0 Å². The smallest absolute Gasteiger partial charge is 0.227 e. The van der Waals surface area contributed by atoms with E-state index in [0.29, 0.717) is 11.6 Å². The van der Waals surface area contributed by atoms with E-state index in [1.54, 1.807) is 0 Å². The van der Waals surface area contributed by atoms with E-state index in [4.69, 9.17) is 17.3 Å². The number of hydrogen-bond donors (Lipinski definition) is 2. The number of anilines is 1. The van der Waals surface area contributed by atoms with Gasteiger partial charge in [0.25, 0.3) is 0 Å². The normalized spacial score (nSPS) is 11.9. The first-order valence-corrected chi connectivity index (χ1v) is 8.35. The van der Waals surface area contributed by atoms with Crippen LogP contribution in [0, 0.1) is 0 Å². The van der Waals surface area contributed by atoms with E-state index in [0.717, 1.165) is 36.1 Å². The quantitative estimate of drug-likeness (QED) is 0.749. The van der Waals surface area contributed by atoms with Gasteiger partial charge in [0.15, 0.2) is 0 Å². The molecule has 0 fully saturated rings. The lowest BCUT2D eigenvalue weighted by atomic mass is 9.93. The highest BCUT2D eigenvalue weighted by Gasteiger charge is 2.19. The van der Waals surface area contributed by atoms with Crippen LogP contribution in [0.4, 0.5) is 5.69 Å². The summed E-state index contributed by atoms with van der Waals surface area (Å²) in [6.07, 6.45) is 2.58. The van der Waals surface area contributed by atoms with Crippen molar-refractivity contribution in [1.82, 2.24) is 5.32 Å². The lowest BCUT2D eigenvalue weighted by Gasteiger charge is -2.17. The van der Waals surface area contributed by atoms with Gasteiger partial charge in [-0.15, -0.1) is 0 Å². The Morgan fingerprint density at radius 2 is 1.78 bits per heavy atom. The number of halogens is 1. The van der Waals surface area contributed by atoms with Crippen molar-refractivity contribution >= 4 is 23.2 Å². The molecule has 0 bridgehead atoms. The molecule has 2 aromatic carbocycles. The maximum absolute atomic E-state index is 12.5. The number of carbonyl (C=O) groups excluding carboxylic acids is 1. The Morgan fingerprint density at radius 3 is 2.39 bits per heavy atom. The minimum Gasteiger partial charge on any atom is -0.399 e. The molecule has 122 valence electrons. The van der Waals surface area contributed by atoms with Gasteiger partial charge < -0.3 is 11.1 Å². The number of rotatable bonds is 7. The summed E-state index contributed by atoms with van der Waals surface area (Å²) in [7, 11) is 0. The zero-order chi connectivity index (χ0) is 16.7. The lowest BCUT2D eigenvalue weighted by molar-refractivity contribution is -0.122. The summed E-state index contributed by atoms with van der Waals surface area (Å²) in [6, 6.07) is 15.3. The van der Waals surface area contributed by atoms with Crippen LogP contribution in [-0.4, -0.2) is 12.5 Å². The third kappa shape index (κ3) is 5.29. The van der Waals surface area contributed by atoms with Gasteiger partial charge >= 0.3 is 0 Å². The van der Waals surface area contributed by atoms with Crippen molar-refractivity contribution in [1.29, 1.82) is 0 Å². The molecule has 1 amide bonds. The van der Waals surface area contributed by atoms with Crippen LogP contribution < -0.4 is 11.1 Å². The van der Waals surface area contributed by atoms with Crippen LogP contribution in [-0.2, 0) is 11.2 Å². The van der Waals surface area contributed by atoms with E-state index in [1.165, 1.54) is 0 Å². The Bertz CT molecular complexity index is 623. The van der Waals surface area contributed by atoms with Crippen LogP contribution in [0.25, 0.3) is 0 Å². The van der Waals surface area contributed by atoms with Gasteiger partial charge in [-0.2, -0.15) is 0 Å². The molecule has 1 atom stereocenters. The summed E-state index contributed by atoms with van der Waals surface area (Å²) in [4.78, 5) is 12.5. The molecule has 23 heavy (non-hydrogen) atoms. The van der Waals surface area contributed by atoms with Crippen molar-refractivity contribution < 1.29 is 4.79 Å². The number of nitrogen functional groups attached to an aromatic ring is 1. The largest absolute Gasteiger partial charge is 0.399 e. The average Bonchev–Trinajstić information content (AvgIpc) is 2.55. The maximum Gasteiger partial charge on any atom is 0.227 e.